The highest BCUT2D eigenvalue weighted by molar-refractivity contribution is 6.71. The predicted molar refractivity (Wildman–Crippen MR) is 42.5 cm³/mol. The van der Waals surface area contributed by atoms with Gasteiger partial charge >= 0.3 is 5.97 Å². The number of aliphatic hydroxyl groups excluding tert-OH is 2. The van der Waals surface area contributed by atoms with Crippen LogP contribution in [0.2, 0.25) is 19.6 Å². The van der Waals surface area contributed by atoms with Crippen LogP contribution in [0.3, 0.4) is 0 Å². The van der Waals surface area contributed by atoms with Gasteiger partial charge in [-0.15, -0.1) is 0 Å². The van der Waals surface area contributed by atoms with Gasteiger partial charge in [-0.1, -0.05) is 0 Å². The van der Waals surface area contributed by atoms with Gasteiger partial charge in [-0.25, -0.2) is 0 Å². The summed E-state index contributed by atoms with van der Waals surface area (Å²) >= 11 is 0. The zero-order valence-corrected chi connectivity index (χ0v) is 8.00. The van der Waals surface area contributed by atoms with Gasteiger partial charge in [-0.2, -0.15) is 0 Å². The van der Waals surface area contributed by atoms with E-state index in [-0.39, 0.29) is 0 Å². The fraction of sp³-hybridized carbons (Fsp3) is 0.833. The first-order chi connectivity index (χ1) is 4.87. The van der Waals surface area contributed by atoms with Gasteiger partial charge in [-0.05, 0) is 19.6 Å². The summed E-state index contributed by atoms with van der Waals surface area (Å²) in [5.41, 5.74) is 0. The molecule has 0 aromatic heterocycles. The summed E-state index contributed by atoms with van der Waals surface area (Å²) in [4.78, 5) is 10.8. The van der Waals surface area contributed by atoms with Crippen LogP contribution in [0.1, 0.15) is 0 Å². The smallest absolute Gasteiger partial charge is 0.324 e. The minimum Gasteiger partial charge on any atom is -0.518 e. The SMILES string of the molecule is C[Si](C)(C)OC(=O)[C@H](O)CO. The molecule has 0 spiro atoms. The second-order valence-corrected chi connectivity index (χ2v) is 7.66. The van der Waals surface area contributed by atoms with Gasteiger partial charge in [0.05, 0.1) is 6.61 Å². The van der Waals surface area contributed by atoms with Crippen LogP contribution in [0.4, 0.5) is 0 Å². The standard InChI is InChI=1S/C6H14O4Si/c1-11(2,3)10-6(9)5(8)4-7/h5,7-8H,4H2,1-3H3/t5-/m1/s1. The molecule has 0 aliphatic rings. The van der Waals surface area contributed by atoms with Crippen LogP contribution < -0.4 is 0 Å². The predicted octanol–water partition coefficient (Wildman–Crippen LogP) is -0.282. The van der Waals surface area contributed by atoms with Crippen LogP contribution in [0.5, 0.6) is 0 Å². The zero-order valence-electron chi connectivity index (χ0n) is 7.00. The lowest BCUT2D eigenvalue weighted by molar-refractivity contribution is -0.146. The van der Waals surface area contributed by atoms with E-state index in [4.69, 9.17) is 14.6 Å². The molecule has 0 fully saturated rings. The number of aliphatic hydroxyl groups is 2. The minimum atomic E-state index is -1.92. The van der Waals surface area contributed by atoms with Gasteiger partial charge in [-0.3, -0.25) is 4.79 Å². The average molecular weight is 178 g/mol. The summed E-state index contributed by atoms with van der Waals surface area (Å²) in [6.07, 6.45) is -1.39. The maximum absolute atomic E-state index is 10.8. The maximum Gasteiger partial charge on any atom is 0.324 e. The van der Waals surface area contributed by atoms with Crippen molar-refractivity contribution in [2.45, 2.75) is 25.7 Å². The van der Waals surface area contributed by atoms with E-state index in [2.05, 4.69) is 0 Å². The molecule has 0 aliphatic carbocycles. The number of hydrogen-bond donors (Lipinski definition) is 2. The molecule has 0 unspecified atom stereocenters. The molecule has 0 aromatic rings. The number of hydrogen-bond acceptors (Lipinski definition) is 4. The molecular weight excluding hydrogens is 164 g/mol. The van der Waals surface area contributed by atoms with E-state index in [1.54, 1.807) is 0 Å². The van der Waals surface area contributed by atoms with Gasteiger partial charge in [0.1, 0.15) is 0 Å². The summed E-state index contributed by atoms with van der Waals surface area (Å²) < 4.78 is 4.88. The Bertz CT molecular complexity index is 140. The van der Waals surface area contributed by atoms with E-state index in [9.17, 15) is 4.79 Å². The second kappa shape index (κ2) is 3.84. The molecular formula is C6H14O4Si. The quantitative estimate of drug-likeness (QED) is 0.583. The average Bonchev–Trinajstić information content (AvgIpc) is 1.82. The summed E-state index contributed by atoms with van der Waals surface area (Å²) in [5.74, 6) is -0.730. The van der Waals surface area contributed by atoms with Crippen LogP contribution in [-0.4, -0.2) is 37.2 Å². The first-order valence-corrected chi connectivity index (χ1v) is 6.79. The van der Waals surface area contributed by atoms with Crippen LogP contribution >= 0.6 is 0 Å². The van der Waals surface area contributed by atoms with Crippen LogP contribution in [0.15, 0.2) is 0 Å². The van der Waals surface area contributed by atoms with Crippen molar-refractivity contribution in [1.29, 1.82) is 0 Å². The van der Waals surface area contributed by atoms with Crippen molar-refractivity contribution in [3.63, 3.8) is 0 Å². The maximum atomic E-state index is 10.8. The van der Waals surface area contributed by atoms with E-state index < -0.39 is 27.0 Å². The van der Waals surface area contributed by atoms with E-state index in [0.717, 1.165) is 0 Å². The normalized spacial score (nSPS) is 14.3. The van der Waals surface area contributed by atoms with E-state index in [0.29, 0.717) is 0 Å². The number of carbonyl (C=O) groups is 1. The lowest BCUT2D eigenvalue weighted by atomic mass is 10.4. The van der Waals surface area contributed by atoms with Crippen molar-refractivity contribution in [1.82, 2.24) is 0 Å². The third-order valence-electron chi connectivity index (χ3n) is 0.852. The van der Waals surface area contributed by atoms with E-state index in [1.807, 2.05) is 19.6 Å². The molecule has 11 heavy (non-hydrogen) atoms. The largest absolute Gasteiger partial charge is 0.518 e. The van der Waals surface area contributed by atoms with Crippen LogP contribution in [0.25, 0.3) is 0 Å². The minimum absolute atomic E-state index is 0.580. The molecule has 0 radical (unpaired) electrons. The van der Waals surface area contributed by atoms with Gasteiger partial charge < -0.3 is 14.6 Å². The first-order valence-electron chi connectivity index (χ1n) is 3.38. The lowest BCUT2D eigenvalue weighted by Crippen LogP contribution is -2.36. The monoisotopic (exact) mass is 178 g/mol. The Hall–Kier alpha value is -0.393. The summed E-state index contributed by atoms with van der Waals surface area (Å²) in [7, 11) is -1.92. The van der Waals surface area contributed by atoms with Crippen molar-refractivity contribution < 1.29 is 19.4 Å². The number of carbonyl (C=O) groups excluding carboxylic acids is 1. The molecule has 0 rings (SSSR count). The van der Waals surface area contributed by atoms with Crippen molar-refractivity contribution in [3.05, 3.63) is 0 Å². The summed E-state index contributed by atoms with van der Waals surface area (Å²) in [6.45, 7) is 4.91. The molecule has 0 aromatic carbocycles. The van der Waals surface area contributed by atoms with Crippen molar-refractivity contribution in [2.24, 2.45) is 0 Å². The fourth-order valence-corrected chi connectivity index (χ4v) is 1.18. The van der Waals surface area contributed by atoms with Crippen molar-refractivity contribution >= 4 is 14.3 Å². The van der Waals surface area contributed by atoms with Crippen LogP contribution in [0, 0.1) is 0 Å². The Morgan fingerprint density at radius 1 is 1.55 bits per heavy atom. The molecule has 2 N–H and O–H groups in total. The third kappa shape index (κ3) is 4.94. The Kier molecular flexibility index (Phi) is 3.71. The molecule has 0 aliphatic heterocycles. The molecule has 0 saturated carbocycles. The number of rotatable bonds is 3. The van der Waals surface area contributed by atoms with Gasteiger partial charge in [0.2, 0.25) is 8.32 Å². The molecule has 0 amide bonds. The molecule has 0 bridgehead atoms. The highest BCUT2D eigenvalue weighted by Crippen LogP contribution is 2.04. The topological polar surface area (TPSA) is 66.8 Å². The molecule has 5 heteroatoms. The lowest BCUT2D eigenvalue weighted by Gasteiger charge is -2.18. The fourth-order valence-electron chi connectivity index (χ4n) is 0.444. The summed E-state index contributed by atoms with van der Waals surface area (Å²) in [6, 6.07) is 0. The zero-order chi connectivity index (χ0) is 9.07. The Balaban J connectivity index is 3.88. The third-order valence-corrected chi connectivity index (χ3v) is 1.67. The molecule has 1 atom stereocenters. The molecule has 4 nitrogen and oxygen atoms in total. The van der Waals surface area contributed by atoms with E-state index >= 15 is 0 Å². The highest BCUT2D eigenvalue weighted by atomic mass is 28.4. The highest BCUT2D eigenvalue weighted by Gasteiger charge is 2.24. The molecule has 0 saturated heterocycles. The van der Waals surface area contributed by atoms with Crippen molar-refractivity contribution in [3.8, 4) is 0 Å². The molecule has 0 heterocycles. The van der Waals surface area contributed by atoms with Crippen LogP contribution in [-0.2, 0) is 9.22 Å². The first kappa shape index (κ1) is 10.6. The summed E-state index contributed by atoms with van der Waals surface area (Å²) in [5, 5.41) is 17.2. The van der Waals surface area contributed by atoms with E-state index in [1.165, 1.54) is 0 Å². The van der Waals surface area contributed by atoms with Gasteiger partial charge in [0.25, 0.3) is 0 Å². The Labute approximate surface area is 66.9 Å². The van der Waals surface area contributed by atoms with Crippen molar-refractivity contribution in [2.75, 3.05) is 6.61 Å². The van der Waals surface area contributed by atoms with Gasteiger partial charge in [0, 0.05) is 0 Å². The van der Waals surface area contributed by atoms with Gasteiger partial charge in [0.15, 0.2) is 6.10 Å². The second-order valence-electron chi connectivity index (χ2n) is 3.23. The Morgan fingerprint density at radius 3 is 2.27 bits per heavy atom. The Morgan fingerprint density at radius 2 is 2.00 bits per heavy atom. The molecule has 66 valence electrons.